The van der Waals surface area contributed by atoms with Crippen LogP contribution in [-0.2, 0) is 0 Å². The van der Waals surface area contributed by atoms with Gasteiger partial charge in [-0.2, -0.15) is 0 Å². The van der Waals surface area contributed by atoms with E-state index in [9.17, 15) is 0 Å². The Morgan fingerprint density at radius 2 is 1.90 bits per heavy atom. The summed E-state index contributed by atoms with van der Waals surface area (Å²) in [6.07, 6.45) is 2.09. The summed E-state index contributed by atoms with van der Waals surface area (Å²) < 4.78 is 3.43. The van der Waals surface area contributed by atoms with Gasteiger partial charge in [0, 0.05) is 17.4 Å². The lowest BCUT2D eigenvalue weighted by Gasteiger charge is -1.97. The second-order valence-corrected chi connectivity index (χ2v) is 5.98. The third-order valence-corrected chi connectivity index (χ3v) is 4.47. The summed E-state index contributed by atoms with van der Waals surface area (Å²) in [7, 11) is 0. The van der Waals surface area contributed by atoms with Crippen molar-refractivity contribution in [1.29, 1.82) is 0 Å². The Kier molecular flexibility index (Phi) is 2.35. The monoisotopic (exact) mass is 279 g/mol. The van der Waals surface area contributed by atoms with Crippen molar-refractivity contribution in [3.8, 4) is 11.3 Å². The zero-order valence-electron chi connectivity index (χ0n) is 11.0. The first kappa shape index (κ1) is 11.5. The smallest absolute Gasteiger partial charge is 0.195 e. The van der Waals surface area contributed by atoms with Gasteiger partial charge >= 0.3 is 0 Å². The van der Waals surface area contributed by atoms with Gasteiger partial charge in [-0.1, -0.05) is 29.5 Å². The number of benzene rings is 2. The zero-order valence-corrected chi connectivity index (χ0v) is 11.8. The molecule has 0 aliphatic rings. The highest BCUT2D eigenvalue weighted by Gasteiger charge is 2.10. The Hall–Kier alpha value is -2.33. The second-order valence-electron chi connectivity index (χ2n) is 4.97. The number of hydrogen-bond acceptors (Lipinski definition) is 3. The molecule has 98 valence electrons. The molecular formula is C16H13N3S. The number of anilines is 1. The van der Waals surface area contributed by atoms with E-state index in [-0.39, 0.29) is 0 Å². The zero-order chi connectivity index (χ0) is 13.7. The molecule has 0 unspecified atom stereocenters. The van der Waals surface area contributed by atoms with Crippen LogP contribution < -0.4 is 5.73 Å². The van der Waals surface area contributed by atoms with E-state index < -0.39 is 0 Å². The van der Waals surface area contributed by atoms with Gasteiger partial charge in [-0.3, -0.25) is 4.40 Å². The van der Waals surface area contributed by atoms with Crippen LogP contribution in [0.3, 0.4) is 0 Å². The number of hydrogen-bond donors (Lipinski definition) is 1. The predicted molar refractivity (Wildman–Crippen MR) is 85.2 cm³/mol. The first-order valence-corrected chi connectivity index (χ1v) is 7.26. The third-order valence-electron chi connectivity index (χ3n) is 3.46. The largest absolute Gasteiger partial charge is 0.399 e. The van der Waals surface area contributed by atoms with Crippen molar-refractivity contribution in [1.82, 2.24) is 9.38 Å². The third kappa shape index (κ3) is 1.69. The molecule has 2 aromatic carbocycles. The Morgan fingerprint density at radius 1 is 1.10 bits per heavy atom. The summed E-state index contributed by atoms with van der Waals surface area (Å²) in [6.45, 7) is 2.11. The van der Waals surface area contributed by atoms with Crippen LogP contribution in [0.4, 0.5) is 5.69 Å². The summed E-state index contributed by atoms with van der Waals surface area (Å²) in [5, 5.41) is 0. The van der Waals surface area contributed by atoms with Crippen molar-refractivity contribution < 1.29 is 0 Å². The predicted octanol–water partition coefficient (Wildman–Crippen LogP) is 4.11. The van der Waals surface area contributed by atoms with Crippen molar-refractivity contribution in [2.45, 2.75) is 6.92 Å². The lowest BCUT2D eigenvalue weighted by molar-refractivity contribution is 1.29. The molecule has 0 bridgehead atoms. The van der Waals surface area contributed by atoms with Crippen molar-refractivity contribution in [2.75, 3.05) is 5.73 Å². The minimum Gasteiger partial charge on any atom is -0.399 e. The molecule has 0 saturated carbocycles. The molecule has 0 radical (unpaired) electrons. The standard InChI is InChI=1S/C16H13N3S/c1-10-2-7-14-15(8-10)20-16-18-13(9-19(14)16)11-3-5-12(17)6-4-11/h2-9H,17H2,1H3. The van der Waals surface area contributed by atoms with Crippen molar-refractivity contribution in [3.63, 3.8) is 0 Å². The van der Waals surface area contributed by atoms with Crippen molar-refractivity contribution >= 4 is 32.2 Å². The molecule has 4 rings (SSSR count). The van der Waals surface area contributed by atoms with Crippen LogP contribution in [0.5, 0.6) is 0 Å². The fourth-order valence-corrected chi connectivity index (χ4v) is 3.51. The van der Waals surface area contributed by atoms with Crippen LogP contribution in [0.15, 0.2) is 48.7 Å². The molecule has 20 heavy (non-hydrogen) atoms. The highest BCUT2D eigenvalue weighted by atomic mass is 32.1. The number of imidazole rings is 1. The lowest BCUT2D eigenvalue weighted by Crippen LogP contribution is -1.83. The van der Waals surface area contributed by atoms with Gasteiger partial charge in [0.25, 0.3) is 0 Å². The van der Waals surface area contributed by atoms with Crippen LogP contribution in [0.25, 0.3) is 26.4 Å². The van der Waals surface area contributed by atoms with Crippen LogP contribution in [0.1, 0.15) is 5.56 Å². The molecule has 0 aliphatic heterocycles. The normalized spacial score (nSPS) is 11.4. The maximum Gasteiger partial charge on any atom is 0.195 e. The first-order chi connectivity index (χ1) is 9.70. The Balaban J connectivity index is 1.93. The van der Waals surface area contributed by atoms with Gasteiger partial charge < -0.3 is 5.73 Å². The van der Waals surface area contributed by atoms with Gasteiger partial charge in [-0.05, 0) is 36.8 Å². The van der Waals surface area contributed by atoms with Crippen molar-refractivity contribution in [3.05, 3.63) is 54.2 Å². The topological polar surface area (TPSA) is 43.3 Å². The summed E-state index contributed by atoms with van der Waals surface area (Å²) in [5.74, 6) is 0. The molecule has 2 aromatic heterocycles. The Morgan fingerprint density at radius 3 is 2.70 bits per heavy atom. The number of nitrogens with two attached hydrogens (primary N) is 1. The van der Waals surface area contributed by atoms with Gasteiger partial charge in [-0.15, -0.1) is 0 Å². The Labute approximate surface area is 120 Å². The van der Waals surface area contributed by atoms with E-state index in [0.29, 0.717) is 0 Å². The first-order valence-electron chi connectivity index (χ1n) is 6.45. The average molecular weight is 279 g/mol. The van der Waals surface area contributed by atoms with E-state index >= 15 is 0 Å². The van der Waals surface area contributed by atoms with E-state index in [1.807, 2.05) is 24.3 Å². The van der Waals surface area contributed by atoms with Crippen LogP contribution in [0.2, 0.25) is 0 Å². The lowest BCUT2D eigenvalue weighted by atomic mass is 10.1. The van der Waals surface area contributed by atoms with E-state index in [2.05, 4.69) is 35.7 Å². The maximum absolute atomic E-state index is 5.72. The van der Waals surface area contributed by atoms with Gasteiger partial charge in [0.1, 0.15) is 0 Å². The molecular weight excluding hydrogens is 266 g/mol. The summed E-state index contributed by atoms with van der Waals surface area (Å²) in [4.78, 5) is 5.75. The number of thiazole rings is 1. The summed E-state index contributed by atoms with van der Waals surface area (Å²) in [5.41, 5.74) is 11.1. The van der Waals surface area contributed by atoms with E-state index in [1.54, 1.807) is 11.3 Å². The van der Waals surface area contributed by atoms with Gasteiger partial charge in [-0.25, -0.2) is 4.98 Å². The number of nitrogen functional groups attached to an aromatic ring is 1. The molecule has 2 N–H and O–H groups in total. The molecule has 0 atom stereocenters. The number of aromatic nitrogens is 2. The Bertz CT molecular complexity index is 916. The molecule has 0 aliphatic carbocycles. The van der Waals surface area contributed by atoms with Gasteiger partial charge in [0.2, 0.25) is 0 Å². The summed E-state index contributed by atoms with van der Waals surface area (Å²) in [6, 6.07) is 14.3. The number of fused-ring (bicyclic) bond motifs is 3. The average Bonchev–Trinajstić information content (AvgIpc) is 2.96. The van der Waals surface area contributed by atoms with E-state index in [1.165, 1.54) is 15.8 Å². The molecule has 0 saturated heterocycles. The fraction of sp³-hybridized carbons (Fsp3) is 0.0625. The number of rotatable bonds is 1. The van der Waals surface area contributed by atoms with Crippen molar-refractivity contribution in [2.24, 2.45) is 0 Å². The molecule has 0 amide bonds. The minimum absolute atomic E-state index is 0.774. The molecule has 0 spiro atoms. The molecule has 4 heteroatoms. The number of nitrogens with zero attached hydrogens (tertiary/aromatic N) is 2. The minimum atomic E-state index is 0.774. The van der Waals surface area contributed by atoms with E-state index in [0.717, 1.165) is 21.9 Å². The van der Waals surface area contributed by atoms with Crippen LogP contribution in [0, 0.1) is 6.92 Å². The summed E-state index contributed by atoms with van der Waals surface area (Å²) >= 11 is 1.72. The van der Waals surface area contributed by atoms with Crippen LogP contribution >= 0.6 is 11.3 Å². The molecule has 4 aromatic rings. The van der Waals surface area contributed by atoms with E-state index in [4.69, 9.17) is 10.7 Å². The van der Waals surface area contributed by atoms with Gasteiger partial charge in [0.05, 0.1) is 15.9 Å². The molecule has 0 fully saturated rings. The van der Waals surface area contributed by atoms with Gasteiger partial charge in [0.15, 0.2) is 4.96 Å². The maximum atomic E-state index is 5.72. The quantitative estimate of drug-likeness (QED) is 0.533. The molecule has 2 heterocycles. The number of aryl methyl sites for hydroxylation is 1. The highest BCUT2D eigenvalue weighted by molar-refractivity contribution is 7.23. The molecule has 3 nitrogen and oxygen atoms in total. The second kappa shape index (κ2) is 4.08. The fourth-order valence-electron chi connectivity index (χ4n) is 2.40. The highest BCUT2D eigenvalue weighted by Crippen LogP contribution is 2.30. The van der Waals surface area contributed by atoms with Crippen LogP contribution in [-0.4, -0.2) is 9.38 Å². The SMILES string of the molecule is Cc1ccc2c(c1)sc1nc(-c3ccc(N)cc3)cn12.